The van der Waals surface area contributed by atoms with Crippen molar-refractivity contribution in [3.05, 3.63) is 0 Å². The first-order valence-corrected chi connectivity index (χ1v) is 6.67. The highest BCUT2D eigenvalue weighted by molar-refractivity contribution is 4.77. The van der Waals surface area contributed by atoms with Crippen molar-refractivity contribution in [1.29, 1.82) is 0 Å². The van der Waals surface area contributed by atoms with E-state index in [-0.39, 0.29) is 0 Å². The smallest absolute Gasteiger partial charge is 0.101 e. The van der Waals surface area contributed by atoms with Gasteiger partial charge in [0.2, 0.25) is 0 Å². The summed E-state index contributed by atoms with van der Waals surface area (Å²) in [6, 6.07) is 0. The van der Waals surface area contributed by atoms with Crippen molar-refractivity contribution in [3.63, 3.8) is 0 Å². The van der Waals surface area contributed by atoms with Crippen molar-refractivity contribution in [1.82, 2.24) is 0 Å². The number of nitrogens with one attached hydrogen (secondary N) is 1. The van der Waals surface area contributed by atoms with Crippen LogP contribution in [0.15, 0.2) is 0 Å². The van der Waals surface area contributed by atoms with Crippen LogP contribution in [0.3, 0.4) is 0 Å². The molecule has 0 radical (unpaired) electrons. The summed E-state index contributed by atoms with van der Waals surface area (Å²) in [6.45, 7) is 10.6. The van der Waals surface area contributed by atoms with E-state index in [0.717, 1.165) is 31.0 Å². The van der Waals surface area contributed by atoms with Crippen molar-refractivity contribution in [2.45, 2.75) is 33.1 Å². The molecule has 2 rings (SSSR count). The van der Waals surface area contributed by atoms with Gasteiger partial charge in [-0.15, -0.1) is 0 Å². The Bertz CT molecular complexity index is 187. The molecule has 2 atom stereocenters. The van der Waals surface area contributed by atoms with E-state index >= 15 is 0 Å². The van der Waals surface area contributed by atoms with Crippen LogP contribution in [0.4, 0.5) is 0 Å². The fourth-order valence-electron chi connectivity index (χ4n) is 3.18. The third kappa shape index (κ3) is 3.18. The molecule has 0 spiro atoms. The molecule has 0 aromatic heterocycles. The Morgan fingerprint density at radius 3 is 2.53 bits per heavy atom. The zero-order chi connectivity index (χ0) is 10.7. The highest BCUT2D eigenvalue weighted by Crippen LogP contribution is 2.34. The highest BCUT2D eigenvalue weighted by Gasteiger charge is 2.29. The maximum atomic E-state index is 5.40. The Morgan fingerprint density at radius 2 is 1.93 bits per heavy atom. The summed E-state index contributed by atoms with van der Waals surface area (Å²) in [5.41, 5.74) is 0. The number of ether oxygens (including phenoxy) is 1. The van der Waals surface area contributed by atoms with Crippen molar-refractivity contribution in [3.8, 4) is 0 Å². The summed E-state index contributed by atoms with van der Waals surface area (Å²) >= 11 is 0. The van der Waals surface area contributed by atoms with Gasteiger partial charge in [-0.05, 0) is 31.1 Å². The molecule has 1 N–H and O–H groups in total. The van der Waals surface area contributed by atoms with Gasteiger partial charge >= 0.3 is 0 Å². The van der Waals surface area contributed by atoms with Gasteiger partial charge in [0.05, 0.1) is 19.8 Å². The molecule has 1 aliphatic heterocycles. The van der Waals surface area contributed by atoms with Gasteiger partial charge in [0.25, 0.3) is 0 Å². The molecule has 1 aliphatic carbocycles. The molecular formula is C13H26NO+. The zero-order valence-corrected chi connectivity index (χ0v) is 10.3. The topological polar surface area (TPSA) is 13.7 Å². The van der Waals surface area contributed by atoms with Crippen LogP contribution >= 0.6 is 0 Å². The van der Waals surface area contributed by atoms with Gasteiger partial charge in [0.1, 0.15) is 13.1 Å². The molecule has 1 saturated heterocycles. The van der Waals surface area contributed by atoms with Crippen molar-refractivity contribution < 1.29 is 9.64 Å². The van der Waals surface area contributed by atoms with Gasteiger partial charge in [-0.3, -0.25) is 0 Å². The van der Waals surface area contributed by atoms with E-state index in [9.17, 15) is 0 Å². The van der Waals surface area contributed by atoms with Gasteiger partial charge in [-0.1, -0.05) is 13.8 Å². The third-order valence-corrected chi connectivity index (χ3v) is 4.30. The third-order valence-electron chi connectivity index (χ3n) is 4.30. The molecular weight excluding hydrogens is 186 g/mol. The molecule has 1 heterocycles. The Kier molecular flexibility index (Phi) is 4.04. The monoisotopic (exact) mass is 212 g/mol. The molecule has 2 nitrogen and oxygen atoms in total. The SMILES string of the molecule is CC(C)C1CCC(C[NH+]2CCOCC2)C1. The summed E-state index contributed by atoms with van der Waals surface area (Å²) in [5, 5.41) is 0. The second-order valence-corrected chi connectivity index (χ2v) is 5.75. The molecule has 2 aliphatic rings. The van der Waals surface area contributed by atoms with Crippen LogP contribution in [-0.4, -0.2) is 32.8 Å². The van der Waals surface area contributed by atoms with Crippen LogP contribution in [0.2, 0.25) is 0 Å². The van der Waals surface area contributed by atoms with Crippen molar-refractivity contribution in [2.75, 3.05) is 32.8 Å². The summed E-state index contributed by atoms with van der Waals surface area (Å²) in [5.74, 6) is 2.91. The Morgan fingerprint density at radius 1 is 1.20 bits per heavy atom. The predicted molar refractivity (Wildman–Crippen MR) is 62.1 cm³/mol. The van der Waals surface area contributed by atoms with E-state index in [1.54, 1.807) is 4.90 Å². The maximum Gasteiger partial charge on any atom is 0.101 e. The van der Waals surface area contributed by atoms with Crippen LogP contribution in [0.1, 0.15) is 33.1 Å². The number of quaternary nitrogens is 1. The van der Waals surface area contributed by atoms with E-state index in [0.29, 0.717) is 0 Å². The van der Waals surface area contributed by atoms with Crippen molar-refractivity contribution in [2.24, 2.45) is 17.8 Å². The van der Waals surface area contributed by atoms with E-state index in [1.165, 1.54) is 38.9 Å². The van der Waals surface area contributed by atoms with Crippen LogP contribution in [0.5, 0.6) is 0 Å². The minimum atomic E-state index is 0.898. The lowest BCUT2D eigenvalue weighted by Crippen LogP contribution is -3.14. The van der Waals surface area contributed by atoms with E-state index in [1.807, 2.05) is 0 Å². The summed E-state index contributed by atoms with van der Waals surface area (Å²) in [7, 11) is 0. The van der Waals surface area contributed by atoms with Crippen LogP contribution in [0, 0.1) is 17.8 Å². The maximum absolute atomic E-state index is 5.40. The quantitative estimate of drug-likeness (QED) is 0.736. The molecule has 2 heteroatoms. The molecule has 0 aromatic rings. The molecule has 0 amide bonds. The molecule has 2 fully saturated rings. The number of hydrogen-bond donors (Lipinski definition) is 1. The van der Waals surface area contributed by atoms with Gasteiger partial charge in [0, 0.05) is 5.92 Å². The van der Waals surface area contributed by atoms with Gasteiger partial charge in [-0.25, -0.2) is 0 Å². The first kappa shape index (κ1) is 11.4. The molecule has 2 unspecified atom stereocenters. The summed E-state index contributed by atoms with van der Waals surface area (Å²) in [4.78, 5) is 1.79. The van der Waals surface area contributed by atoms with Crippen LogP contribution in [-0.2, 0) is 4.74 Å². The van der Waals surface area contributed by atoms with Gasteiger partial charge in [0.15, 0.2) is 0 Å². The average molecular weight is 212 g/mol. The van der Waals surface area contributed by atoms with Gasteiger partial charge in [-0.2, -0.15) is 0 Å². The molecule has 0 aromatic carbocycles. The normalized spacial score (nSPS) is 33.8. The number of morpholine rings is 1. The van der Waals surface area contributed by atoms with Crippen molar-refractivity contribution >= 4 is 0 Å². The van der Waals surface area contributed by atoms with E-state index in [4.69, 9.17) is 4.74 Å². The van der Waals surface area contributed by atoms with E-state index < -0.39 is 0 Å². The minimum absolute atomic E-state index is 0.898. The minimum Gasteiger partial charge on any atom is -0.370 e. The molecule has 0 bridgehead atoms. The fraction of sp³-hybridized carbons (Fsp3) is 1.00. The number of rotatable bonds is 3. The zero-order valence-electron chi connectivity index (χ0n) is 10.3. The molecule has 1 saturated carbocycles. The predicted octanol–water partition coefficient (Wildman–Crippen LogP) is 0.974. The highest BCUT2D eigenvalue weighted by atomic mass is 16.5. The lowest BCUT2D eigenvalue weighted by Gasteiger charge is -2.26. The lowest BCUT2D eigenvalue weighted by atomic mass is 9.93. The fourth-order valence-corrected chi connectivity index (χ4v) is 3.18. The van der Waals surface area contributed by atoms with E-state index in [2.05, 4.69) is 13.8 Å². The lowest BCUT2D eigenvalue weighted by molar-refractivity contribution is -0.911. The standard InChI is InChI=1S/C13H25NO/c1-11(2)13-4-3-12(9-13)10-14-5-7-15-8-6-14/h11-13H,3-10H2,1-2H3/p+1. The average Bonchev–Trinajstić information content (AvgIpc) is 2.68. The number of hydrogen-bond acceptors (Lipinski definition) is 1. The second kappa shape index (κ2) is 5.31. The Hall–Kier alpha value is -0.0800. The Labute approximate surface area is 94.0 Å². The first-order valence-electron chi connectivity index (χ1n) is 6.67. The molecule has 15 heavy (non-hydrogen) atoms. The second-order valence-electron chi connectivity index (χ2n) is 5.75. The van der Waals surface area contributed by atoms with Gasteiger partial charge < -0.3 is 9.64 Å². The largest absolute Gasteiger partial charge is 0.370 e. The molecule has 88 valence electrons. The Balaban J connectivity index is 1.71. The van der Waals surface area contributed by atoms with Crippen LogP contribution < -0.4 is 4.90 Å². The summed E-state index contributed by atoms with van der Waals surface area (Å²) in [6.07, 6.45) is 4.45. The van der Waals surface area contributed by atoms with Crippen LogP contribution in [0.25, 0.3) is 0 Å². The summed E-state index contributed by atoms with van der Waals surface area (Å²) < 4.78 is 5.40. The first-order chi connectivity index (χ1) is 7.25.